The largest absolute Gasteiger partial charge is 0.351 e. The average Bonchev–Trinajstić information content (AvgIpc) is 3.55. The van der Waals surface area contributed by atoms with E-state index < -0.39 is 0 Å². The Morgan fingerprint density at radius 3 is 1.96 bits per heavy atom. The van der Waals surface area contributed by atoms with E-state index in [2.05, 4.69) is 16.7 Å². The summed E-state index contributed by atoms with van der Waals surface area (Å²) >= 11 is 0. The van der Waals surface area contributed by atoms with E-state index in [9.17, 15) is 9.59 Å². The molecule has 2 heterocycles. The first-order valence-electron chi connectivity index (χ1n) is 11.6. The van der Waals surface area contributed by atoms with Crippen LogP contribution in [0.25, 0.3) is 0 Å². The van der Waals surface area contributed by atoms with Crippen LogP contribution in [0.2, 0.25) is 0 Å². The first-order chi connectivity index (χ1) is 13.5. The first kappa shape index (κ1) is 20.0. The number of piperidine rings is 2. The molecular formula is C22H38N4O2. The lowest BCUT2D eigenvalue weighted by molar-refractivity contribution is -0.135. The number of carbonyl (C=O) groups excluding carboxylic acids is 2. The van der Waals surface area contributed by atoms with E-state index in [4.69, 9.17) is 5.73 Å². The van der Waals surface area contributed by atoms with E-state index in [1.54, 1.807) is 0 Å². The van der Waals surface area contributed by atoms with E-state index in [-0.39, 0.29) is 11.6 Å². The molecule has 2 saturated carbocycles. The molecule has 6 heteroatoms. The SMILES string of the molecule is CC1(N2CCC(N(C(N)=O)C3CCCCC3)CC2)CCN(C(=O)C2CC2)CC1. The number of likely N-dealkylation sites (tertiary alicyclic amines) is 2. The summed E-state index contributed by atoms with van der Waals surface area (Å²) in [7, 11) is 0. The lowest BCUT2D eigenvalue weighted by Gasteiger charge is -2.51. The Morgan fingerprint density at radius 1 is 0.857 bits per heavy atom. The number of carbonyl (C=O) groups is 2. The Kier molecular flexibility index (Phi) is 5.86. The minimum atomic E-state index is -0.219. The van der Waals surface area contributed by atoms with Gasteiger partial charge in [0.2, 0.25) is 5.91 Å². The highest BCUT2D eigenvalue weighted by atomic mass is 16.2. The number of amides is 3. The molecule has 158 valence electrons. The molecule has 0 aromatic carbocycles. The van der Waals surface area contributed by atoms with Crippen LogP contribution in [-0.2, 0) is 4.79 Å². The van der Waals surface area contributed by atoms with Crippen LogP contribution in [-0.4, -0.2) is 70.4 Å². The molecule has 2 N–H and O–H groups in total. The van der Waals surface area contributed by atoms with Crippen LogP contribution >= 0.6 is 0 Å². The summed E-state index contributed by atoms with van der Waals surface area (Å²) < 4.78 is 0. The number of hydrogen-bond donors (Lipinski definition) is 1. The fourth-order valence-corrected chi connectivity index (χ4v) is 5.81. The highest BCUT2D eigenvalue weighted by Crippen LogP contribution is 2.36. The summed E-state index contributed by atoms with van der Waals surface area (Å²) in [5, 5.41) is 0. The van der Waals surface area contributed by atoms with Crippen LogP contribution in [0, 0.1) is 5.92 Å². The summed E-state index contributed by atoms with van der Waals surface area (Å²) in [5.74, 6) is 0.727. The minimum Gasteiger partial charge on any atom is -0.351 e. The highest BCUT2D eigenvalue weighted by Gasteiger charge is 2.42. The van der Waals surface area contributed by atoms with Gasteiger partial charge in [-0.05, 0) is 58.3 Å². The standard InChI is InChI=1S/C22H38N4O2/c1-22(11-15-24(16-12-22)20(27)17-7-8-17)25-13-9-19(10-14-25)26(21(23)28)18-5-3-2-4-6-18/h17-19H,2-16H2,1H3,(H2,23,28). The van der Waals surface area contributed by atoms with Crippen LogP contribution in [0.15, 0.2) is 0 Å². The molecule has 2 aliphatic carbocycles. The van der Waals surface area contributed by atoms with Gasteiger partial charge in [0.25, 0.3) is 0 Å². The molecule has 4 rings (SSSR count). The van der Waals surface area contributed by atoms with Gasteiger partial charge >= 0.3 is 6.03 Å². The van der Waals surface area contributed by atoms with E-state index in [0.29, 0.717) is 23.9 Å². The van der Waals surface area contributed by atoms with Crippen molar-refractivity contribution in [2.24, 2.45) is 11.7 Å². The Morgan fingerprint density at radius 2 is 1.43 bits per heavy atom. The molecule has 2 aliphatic heterocycles. The Labute approximate surface area is 169 Å². The molecule has 3 amide bonds. The fraction of sp³-hybridized carbons (Fsp3) is 0.909. The van der Waals surface area contributed by atoms with E-state index >= 15 is 0 Å². The van der Waals surface area contributed by atoms with Crippen molar-refractivity contribution in [1.29, 1.82) is 0 Å². The molecule has 6 nitrogen and oxygen atoms in total. The maximum absolute atomic E-state index is 12.3. The van der Waals surface area contributed by atoms with Gasteiger partial charge in [0.1, 0.15) is 0 Å². The van der Waals surface area contributed by atoms with Gasteiger partial charge in [0.05, 0.1) is 0 Å². The van der Waals surface area contributed by atoms with Crippen molar-refractivity contribution in [2.45, 2.75) is 95.2 Å². The van der Waals surface area contributed by atoms with E-state index in [1.807, 2.05) is 4.90 Å². The van der Waals surface area contributed by atoms with E-state index in [1.165, 1.54) is 19.3 Å². The molecule has 0 atom stereocenters. The second-order valence-electron chi connectivity index (χ2n) is 9.85. The zero-order valence-corrected chi connectivity index (χ0v) is 17.6. The number of primary amides is 1. The van der Waals surface area contributed by atoms with Crippen molar-refractivity contribution in [3.63, 3.8) is 0 Å². The lowest BCUT2D eigenvalue weighted by Crippen LogP contribution is -2.60. The van der Waals surface area contributed by atoms with Crippen molar-refractivity contribution >= 4 is 11.9 Å². The summed E-state index contributed by atoms with van der Waals surface area (Å²) in [5.41, 5.74) is 6.00. The lowest BCUT2D eigenvalue weighted by atomic mass is 9.84. The topological polar surface area (TPSA) is 69.9 Å². The van der Waals surface area contributed by atoms with Gasteiger partial charge in [0.15, 0.2) is 0 Å². The number of rotatable bonds is 4. The van der Waals surface area contributed by atoms with Crippen LogP contribution in [0.5, 0.6) is 0 Å². The molecule has 0 bridgehead atoms. The summed E-state index contributed by atoms with van der Waals surface area (Å²) in [6.45, 7) is 6.25. The summed E-state index contributed by atoms with van der Waals surface area (Å²) in [4.78, 5) is 31.3. The smallest absolute Gasteiger partial charge is 0.315 e. The van der Waals surface area contributed by atoms with Gasteiger partial charge in [-0.3, -0.25) is 9.69 Å². The van der Waals surface area contributed by atoms with Gasteiger partial charge in [-0.15, -0.1) is 0 Å². The second-order valence-corrected chi connectivity index (χ2v) is 9.85. The Hall–Kier alpha value is -1.30. The van der Waals surface area contributed by atoms with Crippen molar-refractivity contribution in [2.75, 3.05) is 26.2 Å². The van der Waals surface area contributed by atoms with Crippen molar-refractivity contribution in [3.05, 3.63) is 0 Å². The van der Waals surface area contributed by atoms with Crippen LogP contribution < -0.4 is 5.73 Å². The molecule has 0 aromatic heterocycles. The van der Waals surface area contributed by atoms with Gasteiger partial charge in [0, 0.05) is 49.7 Å². The van der Waals surface area contributed by atoms with Crippen molar-refractivity contribution in [1.82, 2.24) is 14.7 Å². The Bertz CT molecular complexity index is 569. The highest BCUT2D eigenvalue weighted by molar-refractivity contribution is 5.81. The first-order valence-corrected chi connectivity index (χ1v) is 11.6. The quantitative estimate of drug-likeness (QED) is 0.802. The van der Waals surface area contributed by atoms with Crippen LogP contribution in [0.3, 0.4) is 0 Å². The second kappa shape index (κ2) is 8.21. The number of urea groups is 1. The van der Waals surface area contributed by atoms with Crippen LogP contribution in [0.4, 0.5) is 4.79 Å². The molecule has 4 aliphatic rings. The summed E-state index contributed by atoms with van der Waals surface area (Å²) in [6.07, 6.45) is 12.4. The molecule has 0 unspecified atom stereocenters. The molecule has 0 spiro atoms. The number of nitrogens with two attached hydrogens (primary N) is 1. The van der Waals surface area contributed by atoms with Gasteiger partial charge in [-0.25, -0.2) is 4.79 Å². The molecular weight excluding hydrogens is 352 g/mol. The van der Waals surface area contributed by atoms with E-state index in [0.717, 1.165) is 77.5 Å². The third-order valence-corrected chi connectivity index (χ3v) is 7.92. The van der Waals surface area contributed by atoms with Gasteiger partial charge in [-0.2, -0.15) is 0 Å². The molecule has 28 heavy (non-hydrogen) atoms. The van der Waals surface area contributed by atoms with Crippen molar-refractivity contribution in [3.8, 4) is 0 Å². The van der Waals surface area contributed by atoms with Crippen LogP contribution in [0.1, 0.15) is 77.6 Å². The zero-order valence-electron chi connectivity index (χ0n) is 17.6. The third-order valence-electron chi connectivity index (χ3n) is 7.92. The summed E-state index contributed by atoms with van der Waals surface area (Å²) in [6, 6.07) is 0.440. The molecule has 0 aromatic rings. The van der Waals surface area contributed by atoms with Gasteiger partial charge < -0.3 is 15.5 Å². The Balaban J connectivity index is 1.30. The predicted octanol–water partition coefficient (Wildman–Crippen LogP) is 2.96. The zero-order chi connectivity index (χ0) is 19.7. The maximum Gasteiger partial charge on any atom is 0.315 e. The molecule has 0 radical (unpaired) electrons. The predicted molar refractivity (Wildman–Crippen MR) is 110 cm³/mol. The molecule has 2 saturated heterocycles. The minimum absolute atomic E-state index is 0.188. The molecule has 4 fully saturated rings. The van der Waals surface area contributed by atoms with Gasteiger partial charge in [-0.1, -0.05) is 19.3 Å². The number of nitrogens with zero attached hydrogens (tertiary/aromatic N) is 3. The average molecular weight is 391 g/mol. The third kappa shape index (κ3) is 4.17. The monoisotopic (exact) mass is 390 g/mol. The van der Waals surface area contributed by atoms with Crippen molar-refractivity contribution < 1.29 is 9.59 Å². The maximum atomic E-state index is 12.3. The fourth-order valence-electron chi connectivity index (χ4n) is 5.81. The normalized spacial score (nSPS) is 27.5. The number of hydrogen-bond acceptors (Lipinski definition) is 3.